The first kappa shape index (κ1) is 11.4. The Kier molecular flexibility index (Phi) is 3.68. The second-order valence-corrected chi connectivity index (χ2v) is 5.71. The van der Waals surface area contributed by atoms with Gasteiger partial charge in [-0.25, -0.2) is 0 Å². The highest BCUT2D eigenvalue weighted by atomic mass is 15.2. The van der Waals surface area contributed by atoms with Crippen molar-refractivity contribution in [1.29, 1.82) is 0 Å². The SMILES string of the molecule is CC1CCC(N2CCNC[C@@H]2C)CC1C. The molecule has 1 saturated heterocycles. The molecule has 2 rings (SSSR count). The smallest absolute Gasteiger partial charge is 0.0195 e. The van der Waals surface area contributed by atoms with E-state index >= 15 is 0 Å². The summed E-state index contributed by atoms with van der Waals surface area (Å²) in [6.07, 6.45) is 4.28. The van der Waals surface area contributed by atoms with Crippen LogP contribution >= 0.6 is 0 Å². The van der Waals surface area contributed by atoms with Gasteiger partial charge in [0.1, 0.15) is 0 Å². The molecule has 2 nitrogen and oxygen atoms in total. The van der Waals surface area contributed by atoms with E-state index in [2.05, 4.69) is 31.0 Å². The molecule has 2 heteroatoms. The fourth-order valence-corrected chi connectivity index (χ4v) is 3.22. The van der Waals surface area contributed by atoms with Gasteiger partial charge in [-0.2, -0.15) is 0 Å². The van der Waals surface area contributed by atoms with Crippen LogP contribution in [0.4, 0.5) is 0 Å². The second-order valence-electron chi connectivity index (χ2n) is 5.71. The first-order chi connectivity index (χ1) is 7.18. The van der Waals surface area contributed by atoms with Gasteiger partial charge in [-0.15, -0.1) is 0 Å². The monoisotopic (exact) mass is 210 g/mol. The molecule has 0 bridgehead atoms. The van der Waals surface area contributed by atoms with Crippen LogP contribution in [-0.2, 0) is 0 Å². The lowest BCUT2D eigenvalue weighted by Gasteiger charge is -2.44. The molecular formula is C13H26N2. The van der Waals surface area contributed by atoms with Gasteiger partial charge in [0.05, 0.1) is 0 Å². The first-order valence-electron chi connectivity index (χ1n) is 6.65. The van der Waals surface area contributed by atoms with Crippen LogP contribution in [0, 0.1) is 11.8 Å². The van der Waals surface area contributed by atoms with Crippen molar-refractivity contribution in [2.75, 3.05) is 19.6 Å². The number of rotatable bonds is 1. The molecule has 3 unspecified atom stereocenters. The van der Waals surface area contributed by atoms with Gasteiger partial charge in [0.2, 0.25) is 0 Å². The molecule has 0 aromatic carbocycles. The summed E-state index contributed by atoms with van der Waals surface area (Å²) < 4.78 is 0. The van der Waals surface area contributed by atoms with Gasteiger partial charge < -0.3 is 5.32 Å². The van der Waals surface area contributed by atoms with Crippen LogP contribution < -0.4 is 5.32 Å². The molecule has 1 aliphatic carbocycles. The van der Waals surface area contributed by atoms with Gasteiger partial charge in [0.15, 0.2) is 0 Å². The van der Waals surface area contributed by atoms with Gasteiger partial charge in [-0.05, 0) is 38.0 Å². The highest BCUT2D eigenvalue weighted by Crippen LogP contribution is 2.32. The largest absolute Gasteiger partial charge is 0.314 e. The van der Waals surface area contributed by atoms with Crippen LogP contribution in [0.3, 0.4) is 0 Å². The van der Waals surface area contributed by atoms with E-state index in [9.17, 15) is 0 Å². The molecule has 1 N–H and O–H groups in total. The molecule has 2 fully saturated rings. The van der Waals surface area contributed by atoms with E-state index in [1.54, 1.807) is 0 Å². The lowest BCUT2D eigenvalue weighted by molar-refractivity contribution is 0.0623. The molecule has 0 aromatic heterocycles. The highest BCUT2D eigenvalue weighted by molar-refractivity contribution is 4.87. The van der Waals surface area contributed by atoms with Gasteiger partial charge in [0.25, 0.3) is 0 Å². The van der Waals surface area contributed by atoms with E-state index in [4.69, 9.17) is 0 Å². The molecule has 15 heavy (non-hydrogen) atoms. The standard InChI is InChI=1S/C13H26N2/c1-10-4-5-13(8-11(10)2)15-7-6-14-9-12(15)3/h10-14H,4-9H2,1-3H3/t10?,11?,12-,13?/m0/s1. The Bertz CT molecular complexity index is 205. The molecule has 1 heterocycles. The minimum absolute atomic E-state index is 0.740. The Hall–Kier alpha value is -0.0800. The molecule has 0 aromatic rings. The zero-order chi connectivity index (χ0) is 10.8. The molecule has 2 aliphatic rings. The highest BCUT2D eigenvalue weighted by Gasteiger charge is 2.31. The molecule has 4 atom stereocenters. The Balaban J connectivity index is 1.92. The van der Waals surface area contributed by atoms with Crippen molar-refractivity contribution in [3.63, 3.8) is 0 Å². The topological polar surface area (TPSA) is 15.3 Å². The molecule has 0 radical (unpaired) electrons. The fraction of sp³-hybridized carbons (Fsp3) is 1.00. The van der Waals surface area contributed by atoms with Gasteiger partial charge in [0, 0.05) is 31.7 Å². The summed E-state index contributed by atoms with van der Waals surface area (Å²) in [5.41, 5.74) is 0. The van der Waals surface area contributed by atoms with Gasteiger partial charge in [-0.3, -0.25) is 4.90 Å². The number of hydrogen-bond donors (Lipinski definition) is 1. The minimum Gasteiger partial charge on any atom is -0.314 e. The van der Waals surface area contributed by atoms with E-state index in [0.717, 1.165) is 23.9 Å². The van der Waals surface area contributed by atoms with Crippen LogP contribution in [0.15, 0.2) is 0 Å². The van der Waals surface area contributed by atoms with Crippen molar-refractivity contribution >= 4 is 0 Å². The predicted octanol–water partition coefficient (Wildman–Crippen LogP) is 2.10. The summed E-state index contributed by atoms with van der Waals surface area (Å²) in [6, 6.07) is 1.61. The number of hydrogen-bond acceptors (Lipinski definition) is 2. The Morgan fingerprint density at radius 2 is 1.87 bits per heavy atom. The summed E-state index contributed by atoms with van der Waals surface area (Å²) in [5, 5.41) is 3.48. The van der Waals surface area contributed by atoms with Crippen molar-refractivity contribution in [3.05, 3.63) is 0 Å². The Morgan fingerprint density at radius 1 is 1.07 bits per heavy atom. The maximum atomic E-state index is 3.48. The van der Waals surface area contributed by atoms with Crippen molar-refractivity contribution < 1.29 is 0 Å². The summed E-state index contributed by atoms with van der Waals surface area (Å²) in [6.45, 7) is 10.8. The maximum Gasteiger partial charge on any atom is 0.0195 e. The van der Waals surface area contributed by atoms with Crippen molar-refractivity contribution in [3.8, 4) is 0 Å². The third-order valence-corrected chi connectivity index (χ3v) is 4.59. The van der Waals surface area contributed by atoms with Crippen molar-refractivity contribution in [2.45, 2.75) is 52.1 Å². The maximum absolute atomic E-state index is 3.48. The summed E-state index contributed by atoms with van der Waals surface area (Å²) in [5.74, 6) is 1.87. The quantitative estimate of drug-likeness (QED) is 0.713. The van der Waals surface area contributed by atoms with E-state index in [1.807, 2.05) is 0 Å². The molecule has 1 saturated carbocycles. The van der Waals surface area contributed by atoms with Gasteiger partial charge >= 0.3 is 0 Å². The van der Waals surface area contributed by atoms with E-state index < -0.39 is 0 Å². The van der Waals surface area contributed by atoms with Crippen LogP contribution in [0.25, 0.3) is 0 Å². The lowest BCUT2D eigenvalue weighted by Crippen LogP contribution is -2.55. The first-order valence-corrected chi connectivity index (χ1v) is 6.65. The molecular weight excluding hydrogens is 184 g/mol. The minimum atomic E-state index is 0.740. The van der Waals surface area contributed by atoms with Gasteiger partial charge in [-0.1, -0.05) is 13.8 Å². The molecule has 0 spiro atoms. The average molecular weight is 210 g/mol. The third-order valence-electron chi connectivity index (χ3n) is 4.59. The molecule has 0 amide bonds. The number of nitrogens with one attached hydrogen (secondary N) is 1. The summed E-state index contributed by atoms with van der Waals surface area (Å²) in [4.78, 5) is 2.75. The fourth-order valence-electron chi connectivity index (χ4n) is 3.22. The van der Waals surface area contributed by atoms with Crippen molar-refractivity contribution in [2.24, 2.45) is 11.8 Å². The normalized spacial score (nSPS) is 44.2. The lowest BCUT2D eigenvalue weighted by atomic mass is 9.78. The summed E-state index contributed by atoms with van der Waals surface area (Å²) >= 11 is 0. The zero-order valence-corrected chi connectivity index (χ0v) is 10.5. The second kappa shape index (κ2) is 4.84. The Morgan fingerprint density at radius 3 is 2.53 bits per heavy atom. The predicted molar refractivity (Wildman–Crippen MR) is 65.0 cm³/mol. The van der Waals surface area contributed by atoms with Crippen LogP contribution in [0.5, 0.6) is 0 Å². The van der Waals surface area contributed by atoms with Crippen molar-refractivity contribution in [1.82, 2.24) is 10.2 Å². The number of nitrogens with zero attached hydrogens (tertiary/aromatic N) is 1. The summed E-state index contributed by atoms with van der Waals surface area (Å²) in [7, 11) is 0. The van der Waals surface area contributed by atoms with Crippen LogP contribution in [0.2, 0.25) is 0 Å². The average Bonchev–Trinajstić information content (AvgIpc) is 2.23. The van der Waals surface area contributed by atoms with Crippen LogP contribution in [0.1, 0.15) is 40.0 Å². The third kappa shape index (κ3) is 2.54. The van der Waals surface area contributed by atoms with E-state index in [1.165, 1.54) is 38.9 Å². The van der Waals surface area contributed by atoms with E-state index in [-0.39, 0.29) is 0 Å². The Labute approximate surface area is 94.4 Å². The molecule has 1 aliphatic heterocycles. The van der Waals surface area contributed by atoms with Crippen LogP contribution in [-0.4, -0.2) is 36.6 Å². The number of piperazine rings is 1. The van der Waals surface area contributed by atoms with E-state index in [0.29, 0.717) is 0 Å². The molecule has 88 valence electrons. The zero-order valence-electron chi connectivity index (χ0n) is 10.5.